The third-order valence-corrected chi connectivity index (χ3v) is 3.65. The van der Waals surface area contributed by atoms with Crippen LogP contribution in [0.4, 0.5) is 0 Å². The molecule has 0 bridgehead atoms. The molecule has 2 aromatic heterocycles. The zero-order valence-corrected chi connectivity index (χ0v) is 12.0. The fourth-order valence-corrected chi connectivity index (χ4v) is 2.47. The molecule has 0 radical (unpaired) electrons. The molecule has 0 aromatic carbocycles. The Bertz CT molecular complexity index is 675. The molecule has 1 atom stereocenters. The Labute approximate surface area is 119 Å². The predicted molar refractivity (Wildman–Crippen MR) is 80.3 cm³/mol. The summed E-state index contributed by atoms with van der Waals surface area (Å²) in [6, 6.07) is 0. The number of aromatic nitrogens is 3. The lowest BCUT2D eigenvalue weighted by molar-refractivity contribution is 0.168. The summed E-state index contributed by atoms with van der Waals surface area (Å²) in [6.07, 6.45) is 4.02. The maximum absolute atomic E-state index is 11.5. The lowest BCUT2D eigenvalue weighted by atomic mass is 10.2. The quantitative estimate of drug-likeness (QED) is 0.483. The van der Waals surface area contributed by atoms with Crippen LogP contribution in [0.5, 0.6) is 0 Å². The van der Waals surface area contributed by atoms with Crippen LogP contribution in [0.15, 0.2) is 15.8 Å². The van der Waals surface area contributed by atoms with Gasteiger partial charge >= 0.3 is 5.69 Å². The highest BCUT2D eigenvalue weighted by Gasteiger charge is 2.09. The first-order chi connectivity index (χ1) is 9.61. The van der Waals surface area contributed by atoms with E-state index in [1.54, 1.807) is 18.0 Å². The normalized spacial score (nSPS) is 12.9. The van der Waals surface area contributed by atoms with E-state index in [-0.39, 0.29) is 0 Å². The molecule has 1 unspecified atom stereocenters. The number of aliphatic hydroxyl groups is 1. The Morgan fingerprint density at radius 1 is 1.35 bits per heavy atom. The van der Waals surface area contributed by atoms with E-state index in [2.05, 4.69) is 20.3 Å². The van der Waals surface area contributed by atoms with Crippen molar-refractivity contribution >= 4 is 22.8 Å². The molecule has 0 amide bonds. The summed E-state index contributed by atoms with van der Waals surface area (Å²) in [4.78, 5) is 30.4. The topological polar surface area (TPSA) is 114 Å². The second-order valence-electron chi connectivity index (χ2n) is 4.54. The van der Waals surface area contributed by atoms with Gasteiger partial charge in [0.2, 0.25) is 0 Å². The molecule has 0 saturated carbocycles. The molecule has 110 valence electrons. The number of fused-ring (bicyclic) bond motifs is 1. The van der Waals surface area contributed by atoms with Gasteiger partial charge < -0.3 is 20.4 Å². The number of hydrogen-bond acceptors (Lipinski definition) is 5. The lowest BCUT2D eigenvalue weighted by Crippen LogP contribution is -2.27. The van der Waals surface area contributed by atoms with Crippen LogP contribution >= 0.6 is 11.8 Å². The SMILES string of the molecule is CSCCC(O)CNCc1c[nH]c2c(=O)[nH]c(=O)[nH]c12. The minimum absolute atomic E-state index is 0.351. The van der Waals surface area contributed by atoms with Gasteiger partial charge in [-0.2, -0.15) is 11.8 Å². The third kappa shape index (κ3) is 3.53. The van der Waals surface area contributed by atoms with Crippen molar-refractivity contribution in [3.05, 3.63) is 32.6 Å². The zero-order chi connectivity index (χ0) is 14.5. The lowest BCUT2D eigenvalue weighted by Gasteiger charge is -2.10. The van der Waals surface area contributed by atoms with Gasteiger partial charge in [0.1, 0.15) is 5.52 Å². The first kappa shape index (κ1) is 14.9. The van der Waals surface area contributed by atoms with Gasteiger partial charge in [0.05, 0.1) is 11.6 Å². The minimum Gasteiger partial charge on any atom is -0.392 e. The zero-order valence-electron chi connectivity index (χ0n) is 11.2. The van der Waals surface area contributed by atoms with Crippen LogP contribution in [0, 0.1) is 0 Å². The van der Waals surface area contributed by atoms with E-state index < -0.39 is 17.4 Å². The largest absolute Gasteiger partial charge is 0.392 e. The molecule has 2 aromatic rings. The van der Waals surface area contributed by atoms with Crippen molar-refractivity contribution in [2.24, 2.45) is 0 Å². The van der Waals surface area contributed by atoms with Gasteiger partial charge in [-0.25, -0.2) is 4.79 Å². The van der Waals surface area contributed by atoms with Gasteiger partial charge in [-0.1, -0.05) is 0 Å². The molecule has 8 heteroatoms. The van der Waals surface area contributed by atoms with Crippen LogP contribution in [0.25, 0.3) is 11.0 Å². The second-order valence-corrected chi connectivity index (χ2v) is 5.52. The van der Waals surface area contributed by atoms with Crippen molar-refractivity contribution in [1.29, 1.82) is 0 Å². The third-order valence-electron chi connectivity index (χ3n) is 3.01. The summed E-state index contributed by atoms with van der Waals surface area (Å²) in [5, 5.41) is 12.8. The van der Waals surface area contributed by atoms with E-state index in [4.69, 9.17) is 0 Å². The molecule has 2 rings (SSSR count). The Morgan fingerprint density at radius 2 is 2.15 bits per heavy atom. The van der Waals surface area contributed by atoms with Crippen molar-refractivity contribution in [2.75, 3.05) is 18.6 Å². The highest BCUT2D eigenvalue weighted by atomic mass is 32.2. The number of nitrogens with one attached hydrogen (secondary N) is 4. The molecule has 0 aliphatic carbocycles. The summed E-state index contributed by atoms with van der Waals surface area (Å²) < 4.78 is 0. The molecule has 0 aliphatic heterocycles. The van der Waals surface area contributed by atoms with Crippen molar-refractivity contribution in [3.8, 4) is 0 Å². The predicted octanol–water partition coefficient (Wildman–Crippen LogP) is -0.252. The highest BCUT2D eigenvalue weighted by Crippen LogP contribution is 2.10. The molecule has 0 aliphatic rings. The van der Waals surface area contributed by atoms with Gasteiger partial charge in [0.15, 0.2) is 0 Å². The summed E-state index contributed by atoms with van der Waals surface area (Å²) in [7, 11) is 0. The monoisotopic (exact) mass is 298 g/mol. The molecule has 0 fully saturated rings. The van der Waals surface area contributed by atoms with Crippen molar-refractivity contribution < 1.29 is 5.11 Å². The van der Waals surface area contributed by atoms with Crippen molar-refractivity contribution in [1.82, 2.24) is 20.3 Å². The summed E-state index contributed by atoms with van der Waals surface area (Å²) in [6.45, 7) is 0.941. The number of aliphatic hydroxyl groups excluding tert-OH is 1. The maximum Gasteiger partial charge on any atom is 0.326 e. The number of thioether (sulfide) groups is 1. The van der Waals surface area contributed by atoms with Gasteiger partial charge in [-0.3, -0.25) is 9.78 Å². The second kappa shape index (κ2) is 6.78. The van der Waals surface area contributed by atoms with Crippen LogP contribution in [-0.4, -0.2) is 44.7 Å². The molecular weight excluding hydrogens is 280 g/mol. The average Bonchev–Trinajstić information content (AvgIpc) is 2.80. The molecule has 0 spiro atoms. The standard InChI is InChI=1S/C12H18N4O3S/c1-20-3-2-8(17)6-13-4-7-5-14-10-9(7)15-12(19)16-11(10)18/h5,8,13-14,17H,2-4,6H2,1H3,(H2,15,16,18,19). The Hall–Kier alpha value is -1.51. The smallest absolute Gasteiger partial charge is 0.326 e. The molecule has 20 heavy (non-hydrogen) atoms. The van der Waals surface area contributed by atoms with Crippen LogP contribution in [0.1, 0.15) is 12.0 Å². The van der Waals surface area contributed by atoms with Crippen LogP contribution in [-0.2, 0) is 6.54 Å². The van der Waals surface area contributed by atoms with E-state index in [1.165, 1.54) is 0 Å². The van der Waals surface area contributed by atoms with Gasteiger partial charge in [-0.05, 0) is 18.4 Å². The highest BCUT2D eigenvalue weighted by molar-refractivity contribution is 7.98. The van der Waals surface area contributed by atoms with E-state index >= 15 is 0 Å². The van der Waals surface area contributed by atoms with Crippen LogP contribution in [0.2, 0.25) is 0 Å². The summed E-state index contributed by atoms with van der Waals surface area (Å²) in [5.41, 5.74) is 0.688. The Balaban J connectivity index is 2.00. The molecule has 0 saturated heterocycles. The van der Waals surface area contributed by atoms with Gasteiger partial charge in [-0.15, -0.1) is 0 Å². The Morgan fingerprint density at radius 3 is 2.90 bits per heavy atom. The van der Waals surface area contributed by atoms with Crippen LogP contribution in [0.3, 0.4) is 0 Å². The number of hydrogen-bond donors (Lipinski definition) is 5. The average molecular weight is 298 g/mol. The fourth-order valence-electron chi connectivity index (χ4n) is 1.97. The van der Waals surface area contributed by atoms with E-state index in [0.29, 0.717) is 24.1 Å². The number of H-pyrrole nitrogens is 3. The fraction of sp³-hybridized carbons (Fsp3) is 0.500. The summed E-state index contributed by atoms with van der Waals surface area (Å²) >= 11 is 1.70. The number of rotatable bonds is 7. The summed E-state index contributed by atoms with van der Waals surface area (Å²) in [5.74, 6) is 0.915. The number of aromatic amines is 3. The molecule has 7 nitrogen and oxygen atoms in total. The Kier molecular flexibility index (Phi) is 5.05. The van der Waals surface area contributed by atoms with Gasteiger partial charge in [0.25, 0.3) is 5.56 Å². The van der Waals surface area contributed by atoms with E-state index in [1.807, 2.05) is 6.26 Å². The van der Waals surface area contributed by atoms with E-state index in [9.17, 15) is 14.7 Å². The molecular formula is C12H18N4O3S. The van der Waals surface area contributed by atoms with Crippen LogP contribution < -0.4 is 16.6 Å². The maximum atomic E-state index is 11.5. The molecule has 5 N–H and O–H groups in total. The molecule has 2 heterocycles. The van der Waals surface area contributed by atoms with Crippen molar-refractivity contribution in [2.45, 2.75) is 19.1 Å². The minimum atomic E-state index is -0.525. The first-order valence-corrected chi connectivity index (χ1v) is 7.71. The van der Waals surface area contributed by atoms with E-state index in [0.717, 1.165) is 17.7 Å². The van der Waals surface area contributed by atoms with Gasteiger partial charge in [0, 0.05) is 24.8 Å². The van der Waals surface area contributed by atoms with Crippen molar-refractivity contribution in [3.63, 3.8) is 0 Å². The first-order valence-electron chi connectivity index (χ1n) is 6.32.